The lowest BCUT2D eigenvalue weighted by atomic mass is 9.32. The first-order chi connectivity index (χ1) is 22.5. The Balaban J connectivity index is 1.28. The number of carbonyl (C=O) groups excluding carboxylic acids is 2. The smallest absolute Gasteiger partial charge is 0.335 e. The number of hydrogen-bond acceptors (Lipinski definition) is 4. The third-order valence-corrected chi connectivity index (χ3v) is 15.7. The zero-order chi connectivity index (χ0) is 34.9. The number of benzene rings is 1. The molecule has 6 heteroatoms. The third kappa shape index (κ3) is 5.21. The van der Waals surface area contributed by atoms with Crippen molar-refractivity contribution >= 4 is 23.4 Å². The van der Waals surface area contributed by atoms with Crippen LogP contribution >= 0.6 is 0 Å². The van der Waals surface area contributed by atoms with Gasteiger partial charge in [-0.05, 0) is 145 Å². The van der Waals surface area contributed by atoms with Crippen LogP contribution in [0.25, 0.3) is 5.57 Å². The van der Waals surface area contributed by atoms with E-state index in [0.29, 0.717) is 41.7 Å². The molecule has 5 aliphatic carbocycles. The fraction of sp³-hybridized carbons (Fsp3) is 0.690. The maximum Gasteiger partial charge on any atom is 0.335 e. The lowest BCUT2D eigenvalue weighted by Gasteiger charge is -2.72. The molecule has 6 nitrogen and oxygen atoms in total. The van der Waals surface area contributed by atoms with Crippen LogP contribution in [0.3, 0.4) is 0 Å². The average molecular weight is 658 g/mol. The maximum absolute atomic E-state index is 12.9. The van der Waals surface area contributed by atoms with Crippen LogP contribution < -0.4 is 5.32 Å². The molecule has 4 fully saturated rings. The molecular weight excluding hydrogens is 598 g/mol. The third-order valence-electron chi connectivity index (χ3n) is 15.7. The first kappa shape index (κ1) is 35.0. The normalized spacial score (nSPS) is 39.5. The molecule has 4 saturated carbocycles. The summed E-state index contributed by atoms with van der Waals surface area (Å²) in [7, 11) is 1.37. The fourth-order valence-electron chi connectivity index (χ4n) is 13.2. The molecular formula is C42H59NO5. The van der Waals surface area contributed by atoms with Crippen molar-refractivity contribution in [2.75, 3.05) is 13.7 Å². The Kier molecular flexibility index (Phi) is 8.85. The standard InChI is InChI=1S/C42H59NO5/c1-26(2)29-17-22-42(25-43-34(44)15-16-35(45)48-8)24-23-40(6)31(36(29)42)13-14-33-39(5)20-18-30(27-9-11-28(12-10-27)37(46)47)38(3,4)32(39)19-21-41(33,40)7/h9-12,18,29,31-33,36H,1,13-17,19-25H2,2-8H3,(H,43,44)(H,46,47)/t29-,31+,32-,33+,36+,39-,40+,41+,42+/m0/s1. The summed E-state index contributed by atoms with van der Waals surface area (Å²) in [5.74, 6) is 1.52. The van der Waals surface area contributed by atoms with E-state index in [1.54, 1.807) is 12.1 Å². The molecule has 262 valence electrons. The molecule has 1 amide bonds. The van der Waals surface area contributed by atoms with Gasteiger partial charge in [-0.25, -0.2) is 4.79 Å². The number of allylic oxidation sites excluding steroid dienone is 3. The van der Waals surface area contributed by atoms with Crippen LogP contribution in [0.2, 0.25) is 0 Å². The second-order valence-electron chi connectivity index (χ2n) is 17.8. The summed E-state index contributed by atoms with van der Waals surface area (Å²) in [6.07, 6.45) is 13.4. The molecule has 0 unspecified atom stereocenters. The topological polar surface area (TPSA) is 92.7 Å². The predicted octanol–water partition coefficient (Wildman–Crippen LogP) is 9.11. The number of carbonyl (C=O) groups is 3. The highest BCUT2D eigenvalue weighted by Crippen LogP contribution is 2.77. The largest absolute Gasteiger partial charge is 0.478 e. The fourth-order valence-corrected chi connectivity index (χ4v) is 13.2. The molecule has 2 N–H and O–H groups in total. The molecule has 48 heavy (non-hydrogen) atoms. The molecule has 1 aromatic carbocycles. The second kappa shape index (κ2) is 12.2. The SMILES string of the molecule is C=C(C)[C@@H]1CC[C@]2(CNC(=O)CCC(=O)OC)CC[C@]3(C)[C@H](CC[C@@H]4[C@@]5(C)CC=C(c6ccc(C(=O)O)cc6)C(C)(C)[C@@H]5CC[C@]43C)[C@@H]12. The summed E-state index contributed by atoms with van der Waals surface area (Å²) < 4.78 is 4.76. The predicted molar refractivity (Wildman–Crippen MR) is 190 cm³/mol. The molecule has 5 aliphatic rings. The van der Waals surface area contributed by atoms with Crippen LogP contribution in [-0.2, 0) is 14.3 Å². The number of ether oxygens (including phenoxy) is 1. The monoisotopic (exact) mass is 657 g/mol. The van der Waals surface area contributed by atoms with Gasteiger partial charge in [-0.15, -0.1) is 0 Å². The Labute approximate surface area is 288 Å². The maximum atomic E-state index is 12.9. The van der Waals surface area contributed by atoms with E-state index in [1.165, 1.54) is 50.4 Å². The Hall–Kier alpha value is -2.89. The zero-order valence-corrected chi connectivity index (χ0v) is 30.5. The summed E-state index contributed by atoms with van der Waals surface area (Å²) in [5, 5.41) is 12.8. The van der Waals surface area contributed by atoms with Gasteiger partial charge in [0.2, 0.25) is 5.91 Å². The Morgan fingerprint density at radius 1 is 0.896 bits per heavy atom. The van der Waals surface area contributed by atoms with Gasteiger partial charge in [0.1, 0.15) is 0 Å². The molecule has 0 saturated heterocycles. The molecule has 6 rings (SSSR count). The highest BCUT2D eigenvalue weighted by molar-refractivity contribution is 5.88. The molecule has 1 aromatic rings. The van der Waals surface area contributed by atoms with Crippen LogP contribution in [-0.4, -0.2) is 36.6 Å². The van der Waals surface area contributed by atoms with Crippen LogP contribution in [0.4, 0.5) is 0 Å². The average Bonchev–Trinajstić information content (AvgIpc) is 3.43. The van der Waals surface area contributed by atoms with E-state index in [2.05, 4.69) is 59.5 Å². The summed E-state index contributed by atoms with van der Waals surface area (Å²) in [5.41, 5.74) is 4.87. The van der Waals surface area contributed by atoms with Crippen molar-refractivity contribution in [2.24, 2.45) is 56.7 Å². The van der Waals surface area contributed by atoms with Crippen molar-refractivity contribution in [3.8, 4) is 0 Å². The molecule has 9 atom stereocenters. The van der Waals surface area contributed by atoms with Crippen LogP contribution in [0.1, 0.15) is 128 Å². The van der Waals surface area contributed by atoms with Crippen LogP contribution in [0, 0.1) is 56.7 Å². The van der Waals surface area contributed by atoms with Gasteiger partial charge in [-0.1, -0.05) is 65.0 Å². The lowest BCUT2D eigenvalue weighted by Crippen LogP contribution is -2.66. The van der Waals surface area contributed by atoms with Crippen molar-refractivity contribution in [2.45, 2.75) is 112 Å². The number of hydrogen-bond donors (Lipinski definition) is 2. The van der Waals surface area contributed by atoms with Gasteiger partial charge in [-0.2, -0.15) is 0 Å². The van der Waals surface area contributed by atoms with E-state index < -0.39 is 5.97 Å². The van der Waals surface area contributed by atoms with Gasteiger partial charge in [0.15, 0.2) is 0 Å². The molecule has 0 heterocycles. The first-order valence-corrected chi connectivity index (χ1v) is 18.6. The summed E-state index contributed by atoms with van der Waals surface area (Å²) in [6, 6.07) is 7.52. The van der Waals surface area contributed by atoms with Gasteiger partial charge < -0.3 is 15.2 Å². The molecule has 0 radical (unpaired) electrons. The molecule has 0 bridgehead atoms. The van der Waals surface area contributed by atoms with E-state index in [9.17, 15) is 19.5 Å². The van der Waals surface area contributed by atoms with E-state index >= 15 is 0 Å². The second-order valence-corrected chi connectivity index (χ2v) is 17.8. The van der Waals surface area contributed by atoms with Crippen molar-refractivity contribution in [3.63, 3.8) is 0 Å². The van der Waals surface area contributed by atoms with Crippen molar-refractivity contribution < 1.29 is 24.2 Å². The van der Waals surface area contributed by atoms with Gasteiger partial charge in [0, 0.05) is 13.0 Å². The van der Waals surface area contributed by atoms with Crippen molar-refractivity contribution in [3.05, 3.63) is 53.6 Å². The van der Waals surface area contributed by atoms with Crippen molar-refractivity contribution in [1.82, 2.24) is 5.32 Å². The lowest BCUT2D eigenvalue weighted by molar-refractivity contribution is -0.225. The summed E-state index contributed by atoms with van der Waals surface area (Å²) in [4.78, 5) is 36.1. The van der Waals surface area contributed by atoms with Gasteiger partial charge >= 0.3 is 11.9 Å². The van der Waals surface area contributed by atoms with Gasteiger partial charge in [0.05, 0.1) is 19.1 Å². The summed E-state index contributed by atoms with van der Waals surface area (Å²) in [6.45, 7) is 20.2. The van der Waals surface area contributed by atoms with Crippen LogP contribution in [0.15, 0.2) is 42.5 Å². The highest BCUT2D eigenvalue weighted by Gasteiger charge is 2.70. The molecule has 0 spiro atoms. The summed E-state index contributed by atoms with van der Waals surface area (Å²) >= 11 is 0. The Morgan fingerprint density at radius 2 is 1.60 bits per heavy atom. The van der Waals surface area contributed by atoms with Gasteiger partial charge in [0.25, 0.3) is 0 Å². The number of methoxy groups -OCH3 is 1. The number of amides is 1. The van der Waals surface area contributed by atoms with Gasteiger partial charge in [-0.3, -0.25) is 9.59 Å². The number of carboxylic acid groups (broad SMARTS) is 1. The first-order valence-electron chi connectivity index (χ1n) is 18.6. The number of nitrogens with one attached hydrogen (secondary N) is 1. The minimum absolute atomic E-state index is 0.0128. The highest BCUT2D eigenvalue weighted by atomic mass is 16.5. The molecule has 0 aliphatic heterocycles. The number of fused-ring (bicyclic) bond motifs is 7. The van der Waals surface area contributed by atoms with E-state index in [-0.39, 0.29) is 51.8 Å². The Morgan fingerprint density at radius 3 is 2.25 bits per heavy atom. The van der Waals surface area contributed by atoms with E-state index in [4.69, 9.17) is 4.74 Å². The minimum Gasteiger partial charge on any atom is -0.478 e. The zero-order valence-electron chi connectivity index (χ0n) is 30.5. The molecule has 0 aromatic heterocycles. The van der Waals surface area contributed by atoms with Crippen LogP contribution in [0.5, 0.6) is 0 Å². The minimum atomic E-state index is -0.880. The van der Waals surface area contributed by atoms with Crippen molar-refractivity contribution in [1.29, 1.82) is 0 Å². The van der Waals surface area contributed by atoms with E-state index in [1.807, 2.05) is 12.1 Å². The number of carboxylic acids is 1. The Bertz CT molecular complexity index is 1510. The number of aromatic carboxylic acids is 1. The quantitative estimate of drug-likeness (QED) is 0.215. The van der Waals surface area contributed by atoms with E-state index in [0.717, 1.165) is 31.2 Å². The number of rotatable bonds is 8. The number of esters is 1.